The normalized spacial score (nSPS) is 20.5. The molecule has 1 amide bonds. The molecule has 1 saturated carbocycles. The van der Waals surface area contributed by atoms with Crippen LogP contribution in [-0.4, -0.2) is 88.9 Å². The monoisotopic (exact) mass is 738 g/mol. The Hall–Kier alpha value is -4.62. The highest BCUT2D eigenvalue weighted by Gasteiger charge is 2.39. The van der Waals surface area contributed by atoms with Gasteiger partial charge in [-0.05, 0) is 87.2 Å². The van der Waals surface area contributed by atoms with Crippen LogP contribution in [0.4, 0.5) is 11.8 Å². The fraction of sp³-hybridized carbons (Fsp3) is 0.475. The van der Waals surface area contributed by atoms with Crippen LogP contribution >= 0.6 is 0 Å². The quantitative estimate of drug-likeness (QED) is 0.232. The molecule has 1 saturated heterocycles. The first-order valence-electron chi connectivity index (χ1n) is 18.6. The number of piperidine rings is 1. The van der Waals surface area contributed by atoms with E-state index in [0.717, 1.165) is 54.9 Å². The highest BCUT2D eigenvalue weighted by Crippen LogP contribution is 2.33. The van der Waals surface area contributed by atoms with E-state index in [1.165, 1.54) is 18.6 Å². The van der Waals surface area contributed by atoms with Gasteiger partial charge in [-0.2, -0.15) is 4.98 Å². The average Bonchev–Trinajstić information content (AvgIpc) is 3.08. The zero-order valence-electron chi connectivity index (χ0n) is 31.5. The number of aryl methyl sites for hydroxylation is 2. The van der Waals surface area contributed by atoms with Gasteiger partial charge in [0.1, 0.15) is 11.9 Å². The summed E-state index contributed by atoms with van der Waals surface area (Å²) >= 11 is 0. The lowest BCUT2D eigenvalue weighted by atomic mass is 9.91. The summed E-state index contributed by atoms with van der Waals surface area (Å²) in [6, 6.07) is 13.9. The van der Waals surface area contributed by atoms with Gasteiger partial charge in [-0.1, -0.05) is 45.0 Å². The van der Waals surface area contributed by atoms with E-state index >= 15 is 0 Å². The Bertz CT molecular complexity index is 2080. The van der Waals surface area contributed by atoms with Crippen LogP contribution in [0.1, 0.15) is 80.1 Å². The van der Waals surface area contributed by atoms with Crippen molar-refractivity contribution in [2.45, 2.75) is 96.4 Å². The van der Waals surface area contributed by atoms with Gasteiger partial charge in [-0.3, -0.25) is 14.7 Å². The van der Waals surface area contributed by atoms with Crippen molar-refractivity contribution in [1.29, 1.82) is 0 Å². The van der Waals surface area contributed by atoms with E-state index in [1.807, 2.05) is 39.1 Å². The maximum Gasteiger partial charge on any atom is 0.264 e. The van der Waals surface area contributed by atoms with Gasteiger partial charge in [0.2, 0.25) is 11.8 Å². The minimum Gasteiger partial charge on any atom is -0.471 e. The molecule has 13 heteroatoms. The fourth-order valence-corrected chi connectivity index (χ4v) is 8.42. The van der Waals surface area contributed by atoms with Crippen molar-refractivity contribution in [3.63, 3.8) is 0 Å². The maximum absolute atomic E-state index is 14.8. The molecule has 53 heavy (non-hydrogen) atoms. The third-order valence-electron chi connectivity index (χ3n) is 10.8. The van der Waals surface area contributed by atoms with Crippen LogP contribution in [0.15, 0.2) is 65.8 Å². The number of hydrogen-bond donors (Lipinski definition) is 1. The number of likely N-dealkylation sites (tertiary alicyclic amines) is 1. The number of amides is 1. The Labute approximate surface area is 313 Å². The molecule has 12 nitrogen and oxygen atoms in total. The number of aromatic nitrogens is 4. The van der Waals surface area contributed by atoms with Gasteiger partial charge in [0.25, 0.3) is 15.9 Å². The largest absolute Gasteiger partial charge is 0.471 e. The zero-order chi connectivity index (χ0) is 37.5. The predicted molar refractivity (Wildman–Crippen MR) is 205 cm³/mol. The number of carbonyl (C=O) groups excluding carboxylic acids is 1. The lowest BCUT2D eigenvalue weighted by Crippen LogP contribution is -2.58. The predicted octanol–water partition coefficient (Wildman–Crippen LogP) is 6.25. The van der Waals surface area contributed by atoms with Crippen molar-refractivity contribution in [1.82, 2.24) is 29.7 Å². The molecule has 7 rings (SSSR count). The second-order valence-corrected chi connectivity index (χ2v) is 17.6. The Morgan fingerprint density at radius 3 is 2.45 bits per heavy atom. The van der Waals surface area contributed by atoms with E-state index in [1.54, 1.807) is 35.5 Å². The standard InChI is InChI=1S/C40H50N8O4S/c1-26-10-7-11-27(2)37(26)32-21-36-44-39(43-32)45-53(50,51)31-15-8-12-28(20-31)38(49)48(24-29-22-41-23-35(42-29)46(6)30-13-9-14-30)33-16-18-47(25-34(33)52-36)19-17-40(3,4)5/h7-8,10-12,15,20-23,30,33-34H,9,13-14,16-19,24-25H2,1-6H3,(H,43,44,45)/t33-,34-/m1/s1. The molecule has 2 aromatic carbocycles. The molecule has 2 atom stereocenters. The number of rotatable bonds is 7. The average molecular weight is 739 g/mol. The first kappa shape index (κ1) is 36.7. The SMILES string of the molecule is Cc1cccc(C)c1-c1cc2nc(n1)NS(=O)(=O)c1cccc(c1)C(=O)N(Cc1cncc(N(C)C3CCC3)n1)[C@@H]1CCN(CCC(C)(C)C)C[C@H]1O2. The van der Waals surface area contributed by atoms with Crippen molar-refractivity contribution >= 4 is 27.7 Å². The van der Waals surface area contributed by atoms with Crippen LogP contribution in [0.3, 0.4) is 0 Å². The molecule has 0 spiro atoms. The number of hydrogen-bond acceptors (Lipinski definition) is 10. The lowest BCUT2D eigenvalue weighted by Gasteiger charge is -2.44. The van der Waals surface area contributed by atoms with Crippen molar-refractivity contribution in [3.8, 4) is 17.1 Å². The van der Waals surface area contributed by atoms with Gasteiger partial charge in [0, 0.05) is 43.4 Å². The van der Waals surface area contributed by atoms with Gasteiger partial charge in [0.05, 0.1) is 41.3 Å². The van der Waals surface area contributed by atoms with Crippen LogP contribution in [0.25, 0.3) is 11.3 Å². The van der Waals surface area contributed by atoms with Crippen molar-refractivity contribution in [2.75, 3.05) is 36.3 Å². The van der Waals surface area contributed by atoms with Crippen LogP contribution in [0.5, 0.6) is 5.88 Å². The molecule has 1 aliphatic carbocycles. The number of ether oxygens (including phenoxy) is 1. The minimum absolute atomic E-state index is 0.0662. The molecular weight excluding hydrogens is 689 g/mol. The summed E-state index contributed by atoms with van der Waals surface area (Å²) in [6.07, 6.45) is 8.03. The first-order valence-corrected chi connectivity index (χ1v) is 20.0. The number of sulfonamides is 1. The maximum atomic E-state index is 14.8. The molecule has 0 radical (unpaired) electrons. The van der Waals surface area contributed by atoms with Crippen molar-refractivity contribution < 1.29 is 17.9 Å². The van der Waals surface area contributed by atoms with Crippen LogP contribution in [0, 0.1) is 19.3 Å². The highest BCUT2D eigenvalue weighted by molar-refractivity contribution is 7.92. The number of anilines is 2. The number of nitrogens with zero attached hydrogens (tertiary/aromatic N) is 7. The molecule has 2 aromatic heterocycles. The van der Waals surface area contributed by atoms with Crippen molar-refractivity contribution in [3.05, 3.63) is 83.3 Å². The van der Waals surface area contributed by atoms with Gasteiger partial charge in [-0.25, -0.2) is 23.1 Å². The van der Waals surface area contributed by atoms with Crippen molar-refractivity contribution in [2.24, 2.45) is 5.41 Å². The molecule has 3 aliphatic rings. The third-order valence-corrected chi connectivity index (χ3v) is 12.1. The van der Waals surface area contributed by atoms with E-state index in [0.29, 0.717) is 30.4 Å². The lowest BCUT2D eigenvalue weighted by molar-refractivity contribution is -0.00296. The Kier molecular flexibility index (Phi) is 10.2. The van der Waals surface area contributed by atoms with Gasteiger partial charge < -0.3 is 14.5 Å². The van der Waals surface area contributed by atoms with Gasteiger partial charge >= 0.3 is 0 Å². The summed E-state index contributed by atoms with van der Waals surface area (Å²) in [7, 11) is -2.15. The summed E-state index contributed by atoms with van der Waals surface area (Å²) < 4.78 is 37.2. The highest BCUT2D eigenvalue weighted by atomic mass is 32.2. The van der Waals surface area contributed by atoms with E-state index < -0.39 is 16.1 Å². The summed E-state index contributed by atoms with van der Waals surface area (Å²) in [5, 5.41) is 0. The van der Waals surface area contributed by atoms with Crippen LogP contribution in [-0.2, 0) is 16.6 Å². The molecule has 4 heterocycles. The summed E-state index contributed by atoms with van der Waals surface area (Å²) in [5.74, 6) is 0.580. The summed E-state index contributed by atoms with van der Waals surface area (Å²) in [4.78, 5) is 39.9. The Balaban J connectivity index is 1.34. The topological polar surface area (TPSA) is 134 Å². The molecule has 2 fully saturated rings. The number of benzene rings is 2. The van der Waals surface area contributed by atoms with E-state index in [9.17, 15) is 13.2 Å². The van der Waals surface area contributed by atoms with E-state index in [4.69, 9.17) is 14.7 Å². The number of fused-ring (bicyclic) bond motifs is 5. The minimum atomic E-state index is -4.19. The Morgan fingerprint density at radius 1 is 0.981 bits per heavy atom. The Morgan fingerprint density at radius 2 is 1.74 bits per heavy atom. The summed E-state index contributed by atoms with van der Waals surface area (Å²) in [5.41, 5.74) is 4.43. The van der Waals surface area contributed by atoms with E-state index in [2.05, 4.69) is 45.3 Å². The molecule has 4 bridgehead atoms. The molecule has 4 aromatic rings. The van der Waals surface area contributed by atoms with E-state index in [-0.39, 0.29) is 46.2 Å². The number of nitrogens with one attached hydrogen (secondary N) is 1. The molecule has 1 N–H and O–H groups in total. The number of carbonyl (C=O) groups is 1. The second kappa shape index (κ2) is 14.7. The smallest absolute Gasteiger partial charge is 0.264 e. The molecular formula is C40H50N8O4S. The van der Waals surface area contributed by atoms with Gasteiger partial charge in [0.15, 0.2) is 0 Å². The first-order chi connectivity index (χ1) is 25.2. The zero-order valence-corrected chi connectivity index (χ0v) is 32.4. The molecule has 2 aliphatic heterocycles. The van der Waals surface area contributed by atoms with Crippen LogP contribution < -0.4 is 14.4 Å². The second-order valence-electron chi connectivity index (χ2n) is 15.9. The van der Waals surface area contributed by atoms with Crippen LogP contribution in [0.2, 0.25) is 0 Å². The summed E-state index contributed by atoms with van der Waals surface area (Å²) in [6.45, 7) is 13.1. The third kappa shape index (κ3) is 8.16. The molecule has 280 valence electrons. The van der Waals surface area contributed by atoms with Gasteiger partial charge in [-0.15, -0.1) is 0 Å². The fourth-order valence-electron chi connectivity index (χ4n) is 7.43. The molecule has 0 unspecified atom stereocenters.